The van der Waals surface area contributed by atoms with Crippen molar-refractivity contribution in [3.8, 4) is 0 Å². The summed E-state index contributed by atoms with van der Waals surface area (Å²) in [6.45, 7) is 3.63. The van der Waals surface area contributed by atoms with Crippen LogP contribution >= 0.6 is 0 Å². The average molecular weight is 265 g/mol. The molecule has 1 aromatic carbocycles. The fourth-order valence-electron chi connectivity index (χ4n) is 1.78. The summed E-state index contributed by atoms with van der Waals surface area (Å²) in [4.78, 5) is 0.235. The maximum absolute atomic E-state index is 12.1. The first kappa shape index (κ1) is 12.8. The molecule has 6 heteroatoms. The Kier molecular flexibility index (Phi) is 3.49. The number of sulfonamides is 1. The molecular weight excluding hydrogens is 250 g/mol. The van der Waals surface area contributed by atoms with Crippen molar-refractivity contribution in [3.05, 3.63) is 47.3 Å². The zero-order valence-corrected chi connectivity index (χ0v) is 11.1. The van der Waals surface area contributed by atoms with E-state index in [1.807, 2.05) is 30.3 Å². The van der Waals surface area contributed by atoms with E-state index in [1.54, 1.807) is 13.8 Å². The molecule has 0 unspecified atom stereocenters. The molecule has 2 aromatic rings. The van der Waals surface area contributed by atoms with E-state index in [9.17, 15) is 8.42 Å². The van der Waals surface area contributed by atoms with Gasteiger partial charge in [0.1, 0.15) is 4.90 Å². The monoisotopic (exact) mass is 265 g/mol. The Bertz CT molecular complexity index is 613. The molecule has 0 aliphatic rings. The van der Waals surface area contributed by atoms with Gasteiger partial charge in [-0.15, -0.1) is 0 Å². The van der Waals surface area contributed by atoms with Crippen LogP contribution < -0.4 is 4.72 Å². The van der Waals surface area contributed by atoms with Crippen molar-refractivity contribution in [2.75, 3.05) is 0 Å². The lowest BCUT2D eigenvalue weighted by atomic mass is 10.2. The van der Waals surface area contributed by atoms with Crippen LogP contribution in [0.2, 0.25) is 0 Å². The summed E-state index contributed by atoms with van der Waals surface area (Å²) in [7, 11) is -3.52. The van der Waals surface area contributed by atoms with Crippen LogP contribution in [0, 0.1) is 13.8 Å². The van der Waals surface area contributed by atoms with Gasteiger partial charge in [-0.1, -0.05) is 30.3 Å². The molecule has 2 rings (SSSR count). The maximum Gasteiger partial charge on any atom is 0.244 e. The molecule has 0 atom stereocenters. The molecule has 0 saturated heterocycles. The molecule has 96 valence electrons. The van der Waals surface area contributed by atoms with Crippen molar-refractivity contribution in [1.82, 2.24) is 14.9 Å². The minimum atomic E-state index is -3.52. The normalized spacial score (nSPS) is 11.7. The molecule has 5 nitrogen and oxygen atoms in total. The van der Waals surface area contributed by atoms with Gasteiger partial charge in [-0.25, -0.2) is 13.1 Å². The largest absolute Gasteiger partial charge is 0.281 e. The molecule has 0 radical (unpaired) electrons. The Balaban J connectivity index is 2.19. The number of aromatic amines is 1. The smallest absolute Gasteiger partial charge is 0.244 e. The molecule has 18 heavy (non-hydrogen) atoms. The number of aryl methyl sites for hydroxylation is 2. The highest BCUT2D eigenvalue weighted by molar-refractivity contribution is 7.89. The van der Waals surface area contributed by atoms with E-state index in [2.05, 4.69) is 14.9 Å². The Morgan fingerprint density at radius 2 is 1.89 bits per heavy atom. The summed E-state index contributed by atoms with van der Waals surface area (Å²) in [6, 6.07) is 9.38. The van der Waals surface area contributed by atoms with E-state index >= 15 is 0 Å². The number of hydrogen-bond acceptors (Lipinski definition) is 3. The minimum absolute atomic E-state index is 0.235. The van der Waals surface area contributed by atoms with Crippen LogP contribution in [0.25, 0.3) is 0 Å². The Labute approximate surface area is 106 Å². The van der Waals surface area contributed by atoms with Crippen LogP contribution in [0.3, 0.4) is 0 Å². The van der Waals surface area contributed by atoms with Crippen LogP contribution in [-0.2, 0) is 16.6 Å². The fraction of sp³-hybridized carbons (Fsp3) is 0.250. The summed E-state index contributed by atoms with van der Waals surface area (Å²) >= 11 is 0. The molecule has 1 aromatic heterocycles. The van der Waals surface area contributed by atoms with Gasteiger partial charge in [0.25, 0.3) is 0 Å². The first-order valence-electron chi connectivity index (χ1n) is 5.56. The predicted molar refractivity (Wildman–Crippen MR) is 68.5 cm³/mol. The van der Waals surface area contributed by atoms with Gasteiger partial charge in [-0.2, -0.15) is 5.10 Å². The molecule has 0 bridgehead atoms. The standard InChI is InChI=1S/C12H15N3O2S/c1-9-12(10(2)15-14-9)18(16,17)13-8-11-6-4-3-5-7-11/h3-7,13H,8H2,1-2H3,(H,14,15). The highest BCUT2D eigenvalue weighted by atomic mass is 32.2. The van der Waals surface area contributed by atoms with Crippen LogP contribution in [-0.4, -0.2) is 18.6 Å². The third-order valence-corrected chi connectivity index (χ3v) is 4.30. The number of nitrogens with one attached hydrogen (secondary N) is 2. The molecule has 0 fully saturated rings. The number of nitrogens with zero attached hydrogens (tertiary/aromatic N) is 1. The number of benzene rings is 1. The van der Waals surface area contributed by atoms with Gasteiger partial charge in [-0.05, 0) is 19.4 Å². The third-order valence-electron chi connectivity index (χ3n) is 2.64. The van der Waals surface area contributed by atoms with Crippen molar-refractivity contribution in [2.24, 2.45) is 0 Å². The van der Waals surface area contributed by atoms with E-state index in [4.69, 9.17) is 0 Å². The van der Waals surface area contributed by atoms with Crippen LogP contribution in [0.4, 0.5) is 0 Å². The highest BCUT2D eigenvalue weighted by Crippen LogP contribution is 2.16. The van der Waals surface area contributed by atoms with Crippen molar-refractivity contribution < 1.29 is 8.42 Å². The lowest BCUT2D eigenvalue weighted by Crippen LogP contribution is -2.24. The predicted octanol–water partition coefficient (Wildman–Crippen LogP) is 1.51. The number of aromatic nitrogens is 2. The van der Waals surface area contributed by atoms with Gasteiger partial charge in [-0.3, -0.25) is 5.10 Å². The molecular formula is C12H15N3O2S. The topological polar surface area (TPSA) is 74.8 Å². The lowest BCUT2D eigenvalue weighted by Gasteiger charge is -2.06. The number of hydrogen-bond donors (Lipinski definition) is 2. The van der Waals surface area contributed by atoms with Crippen molar-refractivity contribution >= 4 is 10.0 Å². The Hall–Kier alpha value is -1.66. The van der Waals surface area contributed by atoms with E-state index in [0.717, 1.165) is 5.56 Å². The van der Waals surface area contributed by atoms with Crippen molar-refractivity contribution in [2.45, 2.75) is 25.3 Å². The van der Waals surface area contributed by atoms with Gasteiger partial charge in [0.2, 0.25) is 10.0 Å². The molecule has 2 N–H and O–H groups in total. The van der Waals surface area contributed by atoms with Gasteiger partial charge >= 0.3 is 0 Å². The number of rotatable bonds is 4. The average Bonchev–Trinajstić information content (AvgIpc) is 2.69. The van der Waals surface area contributed by atoms with Crippen LogP contribution in [0.1, 0.15) is 17.0 Å². The van der Waals surface area contributed by atoms with Crippen LogP contribution in [0.5, 0.6) is 0 Å². The molecule has 0 aliphatic carbocycles. The Morgan fingerprint density at radius 1 is 1.22 bits per heavy atom. The van der Waals surface area contributed by atoms with E-state index in [0.29, 0.717) is 11.4 Å². The first-order valence-corrected chi connectivity index (χ1v) is 7.04. The SMILES string of the molecule is Cc1n[nH]c(C)c1S(=O)(=O)NCc1ccccc1. The highest BCUT2D eigenvalue weighted by Gasteiger charge is 2.21. The second-order valence-corrected chi connectivity index (χ2v) is 5.78. The summed E-state index contributed by atoms with van der Waals surface area (Å²) in [6.07, 6.45) is 0. The Morgan fingerprint density at radius 3 is 2.44 bits per heavy atom. The first-order chi connectivity index (χ1) is 8.50. The van der Waals surface area contributed by atoms with Gasteiger partial charge in [0, 0.05) is 6.54 Å². The van der Waals surface area contributed by atoms with Gasteiger partial charge in [0.05, 0.1) is 11.4 Å². The zero-order valence-electron chi connectivity index (χ0n) is 10.3. The molecule has 0 aliphatic heterocycles. The zero-order chi connectivity index (χ0) is 13.2. The second-order valence-electron chi connectivity index (χ2n) is 4.07. The second kappa shape index (κ2) is 4.91. The summed E-state index contributed by atoms with van der Waals surface area (Å²) in [5.74, 6) is 0. The van der Waals surface area contributed by atoms with E-state index in [-0.39, 0.29) is 11.4 Å². The van der Waals surface area contributed by atoms with E-state index < -0.39 is 10.0 Å². The molecule has 0 saturated carbocycles. The van der Waals surface area contributed by atoms with Crippen molar-refractivity contribution in [3.63, 3.8) is 0 Å². The number of H-pyrrole nitrogens is 1. The fourth-order valence-corrected chi connectivity index (χ4v) is 3.17. The van der Waals surface area contributed by atoms with Gasteiger partial charge in [0.15, 0.2) is 0 Å². The van der Waals surface area contributed by atoms with Gasteiger partial charge < -0.3 is 0 Å². The molecule has 0 spiro atoms. The van der Waals surface area contributed by atoms with Crippen LogP contribution in [0.15, 0.2) is 35.2 Å². The lowest BCUT2D eigenvalue weighted by molar-refractivity contribution is 0.580. The van der Waals surface area contributed by atoms with E-state index in [1.165, 1.54) is 0 Å². The summed E-state index contributed by atoms with van der Waals surface area (Å²) in [5.41, 5.74) is 1.95. The minimum Gasteiger partial charge on any atom is -0.281 e. The molecule has 0 amide bonds. The third kappa shape index (κ3) is 2.60. The quantitative estimate of drug-likeness (QED) is 0.879. The molecule has 1 heterocycles. The van der Waals surface area contributed by atoms with Crippen molar-refractivity contribution in [1.29, 1.82) is 0 Å². The maximum atomic E-state index is 12.1. The summed E-state index contributed by atoms with van der Waals surface area (Å²) < 4.78 is 26.8. The summed E-state index contributed by atoms with van der Waals surface area (Å²) in [5, 5.41) is 6.57.